The van der Waals surface area contributed by atoms with E-state index in [-0.39, 0.29) is 0 Å². The summed E-state index contributed by atoms with van der Waals surface area (Å²) in [6, 6.07) is 7.74. The molecule has 1 N–H and O–H groups in total. The number of pyridine rings is 1. The molecule has 0 fully saturated rings. The Hall–Kier alpha value is -1.61. The van der Waals surface area contributed by atoms with E-state index >= 15 is 0 Å². The normalized spacial score (nSPS) is 11.3. The summed E-state index contributed by atoms with van der Waals surface area (Å²) in [4.78, 5) is 4.20. The predicted molar refractivity (Wildman–Crippen MR) is 60.9 cm³/mol. The van der Waals surface area contributed by atoms with Gasteiger partial charge in [0, 0.05) is 10.9 Å². The monoisotopic (exact) mass is 220 g/mol. The second-order valence-electron chi connectivity index (χ2n) is 3.31. The van der Waals surface area contributed by atoms with E-state index in [1.807, 2.05) is 31.2 Å². The molecule has 0 spiro atoms. The van der Waals surface area contributed by atoms with Gasteiger partial charge in [0.05, 0.1) is 11.7 Å². The van der Waals surface area contributed by atoms with Gasteiger partial charge < -0.3 is 5.21 Å². The maximum Gasteiger partial charge on any atom is 0.138 e. The minimum Gasteiger partial charge on any atom is -0.411 e. The van der Waals surface area contributed by atoms with E-state index < -0.39 is 0 Å². The van der Waals surface area contributed by atoms with Gasteiger partial charge in [-0.15, -0.1) is 0 Å². The standard InChI is InChI=1S/C11H9ClN2O/c1-7-2-3-10-8(4-7)5-9(6-13-15)11(12)14-10/h2-6,15H,1H3/b13-6-. The van der Waals surface area contributed by atoms with Crippen LogP contribution in [0.2, 0.25) is 5.15 Å². The Morgan fingerprint density at radius 2 is 2.20 bits per heavy atom. The number of hydrogen-bond donors (Lipinski definition) is 1. The van der Waals surface area contributed by atoms with Gasteiger partial charge in [-0.05, 0) is 25.1 Å². The van der Waals surface area contributed by atoms with E-state index in [9.17, 15) is 0 Å². The summed E-state index contributed by atoms with van der Waals surface area (Å²) in [5, 5.41) is 12.7. The van der Waals surface area contributed by atoms with Gasteiger partial charge in [0.2, 0.25) is 0 Å². The zero-order chi connectivity index (χ0) is 10.8. The van der Waals surface area contributed by atoms with Gasteiger partial charge in [-0.1, -0.05) is 28.4 Å². The molecule has 15 heavy (non-hydrogen) atoms. The first-order chi connectivity index (χ1) is 7.20. The molecule has 2 rings (SSSR count). The van der Waals surface area contributed by atoms with Crippen molar-refractivity contribution in [2.75, 3.05) is 0 Å². The Morgan fingerprint density at radius 1 is 1.40 bits per heavy atom. The van der Waals surface area contributed by atoms with Crippen LogP contribution in [0.5, 0.6) is 0 Å². The number of oxime groups is 1. The molecule has 0 amide bonds. The summed E-state index contributed by atoms with van der Waals surface area (Å²) >= 11 is 5.91. The molecule has 0 aliphatic carbocycles. The van der Waals surface area contributed by atoms with Crippen molar-refractivity contribution in [3.05, 3.63) is 40.5 Å². The molecule has 1 aromatic heterocycles. The van der Waals surface area contributed by atoms with Crippen LogP contribution >= 0.6 is 11.6 Å². The molecule has 0 unspecified atom stereocenters. The Balaban J connectivity index is 2.71. The van der Waals surface area contributed by atoms with Crippen LogP contribution in [0, 0.1) is 6.92 Å². The Kier molecular flexibility index (Phi) is 2.56. The lowest BCUT2D eigenvalue weighted by atomic mass is 10.1. The maximum atomic E-state index is 8.45. The Morgan fingerprint density at radius 3 is 2.93 bits per heavy atom. The van der Waals surface area contributed by atoms with Crippen molar-refractivity contribution >= 4 is 28.7 Å². The lowest BCUT2D eigenvalue weighted by molar-refractivity contribution is 0.322. The first-order valence-electron chi connectivity index (χ1n) is 4.45. The van der Waals surface area contributed by atoms with Crippen LogP contribution in [-0.4, -0.2) is 16.4 Å². The molecular formula is C11H9ClN2O. The van der Waals surface area contributed by atoms with Crippen molar-refractivity contribution in [2.24, 2.45) is 5.16 Å². The summed E-state index contributed by atoms with van der Waals surface area (Å²) < 4.78 is 0. The molecule has 0 saturated heterocycles. The zero-order valence-corrected chi connectivity index (χ0v) is 8.86. The SMILES string of the molecule is Cc1ccc2nc(Cl)c(/C=N\O)cc2c1. The van der Waals surface area contributed by atoms with Crippen molar-refractivity contribution < 1.29 is 5.21 Å². The highest BCUT2D eigenvalue weighted by molar-refractivity contribution is 6.32. The second-order valence-corrected chi connectivity index (χ2v) is 3.67. The number of aromatic nitrogens is 1. The number of aryl methyl sites for hydroxylation is 1. The van der Waals surface area contributed by atoms with Crippen LogP contribution < -0.4 is 0 Å². The third kappa shape index (κ3) is 1.92. The first kappa shape index (κ1) is 9.93. The number of fused-ring (bicyclic) bond motifs is 1. The van der Waals surface area contributed by atoms with Crippen LogP contribution in [0.1, 0.15) is 11.1 Å². The summed E-state index contributed by atoms with van der Waals surface area (Å²) in [7, 11) is 0. The van der Waals surface area contributed by atoms with Gasteiger partial charge in [-0.25, -0.2) is 4.98 Å². The van der Waals surface area contributed by atoms with E-state index in [4.69, 9.17) is 16.8 Å². The number of rotatable bonds is 1. The molecule has 0 radical (unpaired) electrons. The fourth-order valence-electron chi connectivity index (χ4n) is 1.44. The quantitative estimate of drug-likeness (QED) is 0.348. The third-order valence-corrected chi connectivity index (χ3v) is 2.45. The first-order valence-corrected chi connectivity index (χ1v) is 4.83. The molecule has 1 aromatic carbocycles. The number of nitrogens with zero attached hydrogens (tertiary/aromatic N) is 2. The number of halogens is 1. The van der Waals surface area contributed by atoms with E-state index in [0.717, 1.165) is 16.5 Å². The fraction of sp³-hybridized carbons (Fsp3) is 0.0909. The molecule has 4 heteroatoms. The molecule has 76 valence electrons. The van der Waals surface area contributed by atoms with Crippen molar-refractivity contribution in [1.82, 2.24) is 4.98 Å². The highest BCUT2D eigenvalue weighted by Crippen LogP contribution is 2.20. The van der Waals surface area contributed by atoms with Crippen molar-refractivity contribution in [3.63, 3.8) is 0 Å². The van der Waals surface area contributed by atoms with Crippen LogP contribution in [0.15, 0.2) is 29.4 Å². The van der Waals surface area contributed by atoms with E-state index in [1.54, 1.807) is 0 Å². The van der Waals surface area contributed by atoms with Gasteiger partial charge in [0.1, 0.15) is 5.15 Å². The number of hydrogen-bond acceptors (Lipinski definition) is 3. The van der Waals surface area contributed by atoms with Gasteiger partial charge in [-0.3, -0.25) is 0 Å². The van der Waals surface area contributed by atoms with Gasteiger partial charge in [0.25, 0.3) is 0 Å². The molecule has 0 bridgehead atoms. The molecular weight excluding hydrogens is 212 g/mol. The lowest BCUT2D eigenvalue weighted by Crippen LogP contribution is -1.89. The van der Waals surface area contributed by atoms with Crippen LogP contribution in [0.3, 0.4) is 0 Å². The highest BCUT2D eigenvalue weighted by Gasteiger charge is 2.03. The fourth-order valence-corrected chi connectivity index (χ4v) is 1.64. The van der Waals surface area contributed by atoms with E-state index in [1.165, 1.54) is 6.21 Å². The van der Waals surface area contributed by atoms with Gasteiger partial charge in [-0.2, -0.15) is 0 Å². The van der Waals surface area contributed by atoms with Crippen LogP contribution in [0.25, 0.3) is 10.9 Å². The maximum absolute atomic E-state index is 8.45. The second kappa shape index (κ2) is 3.87. The highest BCUT2D eigenvalue weighted by atomic mass is 35.5. The topological polar surface area (TPSA) is 45.5 Å². The van der Waals surface area contributed by atoms with Crippen LogP contribution in [-0.2, 0) is 0 Å². The molecule has 2 aromatic rings. The van der Waals surface area contributed by atoms with E-state index in [0.29, 0.717) is 10.7 Å². The van der Waals surface area contributed by atoms with Crippen molar-refractivity contribution in [1.29, 1.82) is 0 Å². The van der Waals surface area contributed by atoms with Crippen LogP contribution in [0.4, 0.5) is 0 Å². The Bertz CT molecular complexity index is 537. The summed E-state index contributed by atoms with van der Waals surface area (Å²) in [6.45, 7) is 2.01. The predicted octanol–water partition coefficient (Wildman–Crippen LogP) is 3.00. The largest absolute Gasteiger partial charge is 0.411 e. The third-order valence-electron chi connectivity index (χ3n) is 2.15. The molecule has 0 saturated carbocycles. The molecule has 0 aliphatic rings. The molecule has 1 heterocycles. The molecule has 3 nitrogen and oxygen atoms in total. The summed E-state index contributed by atoms with van der Waals surface area (Å²) in [5.74, 6) is 0. The van der Waals surface area contributed by atoms with E-state index in [2.05, 4.69) is 10.1 Å². The smallest absolute Gasteiger partial charge is 0.138 e. The van der Waals surface area contributed by atoms with Gasteiger partial charge in [0.15, 0.2) is 0 Å². The summed E-state index contributed by atoms with van der Waals surface area (Å²) in [6.07, 6.45) is 1.27. The minimum absolute atomic E-state index is 0.337. The van der Waals surface area contributed by atoms with Crippen molar-refractivity contribution in [3.8, 4) is 0 Å². The summed E-state index contributed by atoms with van der Waals surface area (Å²) in [5.41, 5.74) is 2.59. The lowest BCUT2D eigenvalue weighted by Gasteiger charge is -2.02. The van der Waals surface area contributed by atoms with Crippen molar-refractivity contribution in [2.45, 2.75) is 6.92 Å². The average molecular weight is 221 g/mol. The zero-order valence-electron chi connectivity index (χ0n) is 8.11. The Labute approximate surface area is 92.0 Å². The van der Waals surface area contributed by atoms with Gasteiger partial charge >= 0.3 is 0 Å². The number of benzene rings is 1. The molecule has 0 atom stereocenters. The minimum atomic E-state index is 0.337. The average Bonchev–Trinajstić information content (AvgIpc) is 2.20. The molecule has 0 aliphatic heterocycles.